The highest BCUT2D eigenvalue weighted by atomic mass is 79.9. The molecule has 0 radical (unpaired) electrons. The first-order valence-corrected chi connectivity index (χ1v) is 10.8. The van der Waals surface area contributed by atoms with Crippen LogP contribution in [0.4, 0.5) is 4.39 Å². The van der Waals surface area contributed by atoms with Crippen LogP contribution in [-0.4, -0.2) is 12.1 Å². The van der Waals surface area contributed by atoms with Crippen molar-refractivity contribution in [2.45, 2.75) is 18.9 Å². The summed E-state index contributed by atoms with van der Waals surface area (Å²) in [6.07, 6.45) is -0.935. The summed E-state index contributed by atoms with van der Waals surface area (Å²) in [5.74, 6) is -0.550. The fourth-order valence-electron chi connectivity index (χ4n) is 3.49. The number of nitriles is 1. The highest BCUT2D eigenvalue weighted by Gasteiger charge is 2.32. The number of esters is 1. The fraction of sp³-hybridized carbons (Fsp3) is 0.120. The van der Waals surface area contributed by atoms with Gasteiger partial charge in [-0.1, -0.05) is 40.2 Å². The van der Waals surface area contributed by atoms with Crippen molar-refractivity contribution in [1.29, 1.82) is 5.26 Å². The topological polar surface area (TPSA) is 94.6 Å². The highest BCUT2D eigenvalue weighted by Crippen LogP contribution is 2.45. The minimum absolute atomic E-state index is 0.0118. The predicted octanol–water partition coefficient (Wildman–Crippen LogP) is 5.18. The maximum Gasteiger partial charge on any atom is 0.352 e. The quantitative estimate of drug-likeness (QED) is 0.376. The Morgan fingerprint density at radius 3 is 2.52 bits per heavy atom. The number of ether oxygens (including phenoxy) is 3. The van der Waals surface area contributed by atoms with Crippen molar-refractivity contribution in [2.24, 2.45) is 5.73 Å². The first kappa shape index (κ1) is 22.4. The molecule has 2 atom stereocenters. The normalized spacial score (nSPS) is 15.6. The molecule has 1 heterocycles. The van der Waals surface area contributed by atoms with Crippen molar-refractivity contribution < 1.29 is 23.4 Å². The van der Waals surface area contributed by atoms with E-state index >= 15 is 0 Å². The van der Waals surface area contributed by atoms with Gasteiger partial charge in [-0.2, -0.15) is 5.26 Å². The highest BCUT2D eigenvalue weighted by molar-refractivity contribution is 9.10. The third kappa shape index (κ3) is 4.69. The Balaban J connectivity index is 1.58. The molecule has 0 saturated carbocycles. The average Bonchev–Trinajstić information content (AvgIpc) is 2.80. The van der Waals surface area contributed by atoms with Crippen molar-refractivity contribution in [3.05, 3.63) is 99.6 Å². The molecule has 0 amide bonds. The summed E-state index contributed by atoms with van der Waals surface area (Å²) in [7, 11) is 0. The first-order valence-electron chi connectivity index (χ1n) is 9.97. The molecule has 166 valence electrons. The summed E-state index contributed by atoms with van der Waals surface area (Å²) in [6, 6.07) is 19.9. The van der Waals surface area contributed by atoms with Gasteiger partial charge in [0, 0.05) is 16.1 Å². The second kappa shape index (κ2) is 9.35. The molecule has 0 saturated heterocycles. The van der Waals surface area contributed by atoms with Gasteiger partial charge < -0.3 is 19.9 Å². The maximum atomic E-state index is 13.0. The lowest BCUT2D eigenvalue weighted by Gasteiger charge is -2.27. The molecule has 2 N–H and O–H groups in total. The van der Waals surface area contributed by atoms with Crippen molar-refractivity contribution >= 4 is 21.9 Å². The zero-order chi connectivity index (χ0) is 23.5. The number of benzene rings is 3. The number of carbonyl (C=O) groups is 1. The fourth-order valence-corrected chi connectivity index (χ4v) is 4.01. The number of rotatable bonds is 5. The molecule has 1 aliphatic heterocycles. The molecule has 6 nitrogen and oxygen atoms in total. The van der Waals surface area contributed by atoms with E-state index in [1.165, 1.54) is 31.2 Å². The van der Waals surface area contributed by atoms with Gasteiger partial charge in [0.1, 0.15) is 34.7 Å². The summed E-state index contributed by atoms with van der Waals surface area (Å²) in [4.78, 5) is 12.5. The van der Waals surface area contributed by atoms with Crippen molar-refractivity contribution in [2.75, 3.05) is 0 Å². The molecule has 8 heteroatoms. The molecular formula is C25H18BrFN2O4. The van der Waals surface area contributed by atoms with Gasteiger partial charge >= 0.3 is 5.97 Å². The van der Waals surface area contributed by atoms with E-state index in [0.29, 0.717) is 22.6 Å². The Kier molecular flexibility index (Phi) is 6.33. The third-order valence-corrected chi connectivity index (χ3v) is 5.81. The van der Waals surface area contributed by atoms with Crippen LogP contribution in [0.15, 0.2) is 82.7 Å². The number of nitrogens with zero attached hydrogens (tertiary/aromatic N) is 1. The number of nitrogens with two attached hydrogens (primary N) is 1. The minimum Gasteiger partial charge on any atom is -0.479 e. The summed E-state index contributed by atoms with van der Waals surface area (Å²) in [5, 5.41) is 9.69. The number of allylic oxidation sites excluding steroid dienone is 1. The van der Waals surface area contributed by atoms with Gasteiger partial charge in [0.2, 0.25) is 5.88 Å². The van der Waals surface area contributed by atoms with Crippen LogP contribution in [0.25, 0.3) is 0 Å². The molecule has 0 fully saturated rings. The van der Waals surface area contributed by atoms with Gasteiger partial charge in [0.05, 0.1) is 5.92 Å². The Labute approximate surface area is 198 Å². The monoisotopic (exact) mass is 508 g/mol. The average molecular weight is 509 g/mol. The van der Waals surface area contributed by atoms with E-state index in [9.17, 15) is 14.4 Å². The van der Waals surface area contributed by atoms with Crippen LogP contribution in [-0.2, 0) is 4.79 Å². The Hall–Kier alpha value is -3.83. The van der Waals surface area contributed by atoms with Crippen molar-refractivity contribution in [3.8, 4) is 23.3 Å². The van der Waals surface area contributed by atoms with Gasteiger partial charge in [0.25, 0.3) is 0 Å². The van der Waals surface area contributed by atoms with Crippen molar-refractivity contribution in [3.63, 3.8) is 0 Å². The zero-order valence-electron chi connectivity index (χ0n) is 17.4. The molecule has 0 aromatic heterocycles. The molecular weight excluding hydrogens is 491 g/mol. The van der Waals surface area contributed by atoms with Gasteiger partial charge in [-0.05, 0) is 48.9 Å². The van der Waals surface area contributed by atoms with Gasteiger partial charge in [-0.25, -0.2) is 9.18 Å². The van der Waals surface area contributed by atoms with E-state index in [1.807, 2.05) is 24.3 Å². The van der Waals surface area contributed by atoms with Gasteiger partial charge in [-0.15, -0.1) is 0 Å². The molecule has 33 heavy (non-hydrogen) atoms. The lowest BCUT2D eigenvalue weighted by molar-refractivity contribution is -0.141. The van der Waals surface area contributed by atoms with Crippen LogP contribution in [0.5, 0.6) is 17.2 Å². The molecule has 3 aromatic rings. The van der Waals surface area contributed by atoms with Gasteiger partial charge in [-0.3, -0.25) is 0 Å². The lowest BCUT2D eigenvalue weighted by atomic mass is 9.83. The number of halogens is 2. The molecule has 0 spiro atoms. The first-order chi connectivity index (χ1) is 15.9. The molecule has 4 rings (SSSR count). The van der Waals surface area contributed by atoms with E-state index in [0.717, 1.165) is 10.0 Å². The summed E-state index contributed by atoms with van der Waals surface area (Å²) >= 11 is 3.54. The van der Waals surface area contributed by atoms with E-state index < -0.39 is 23.8 Å². The summed E-state index contributed by atoms with van der Waals surface area (Å²) < 4.78 is 30.5. The standard InChI is InChI=1S/C25H18BrFN2O4/c1-14(31-16-8-6-15(27)7-9-16)25(30)32-17-10-11-19-22(12-17)33-24(29)20(13-28)23(19)18-4-2-3-5-21(18)26/h2-12,14,23H,29H2,1H3. The molecule has 1 aliphatic rings. The van der Waals surface area contributed by atoms with Crippen LogP contribution in [0.1, 0.15) is 24.0 Å². The largest absolute Gasteiger partial charge is 0.479 e. The second-order valence-corrected chi connectivity index (χ2v) is 8.14. The summed E-state index contributed by atoms with van der Waals surface area (Å²) in [6.45, 7) is 1.53. The van der Waals surface area contributed by atoms with E-state index in [1.54, 1.807) is 18.2 Å². The van der Waals surface area contributed by atoms with Crippen molar-refractivity contribution in [1.82, 2.24) is 0 Å². The third-order valence-electron chi connectivity index (χ3n) is 5.08. The predicted molar refractivity (Wildman–Crippen MR) is 122 cm³/mol. The van der Waals surface area contributed by atoms with Gasteiger partial charge in [0.15, 0.2) is 6.10 Å². The van der Waals surface area contributed by atoms with Crippen LogP contribution in [0, 0.1) is 17.1 Å². The number of hydrogen-bond acceptors (Lipinski definition) is 6. The van der Waals surface area contributed by atoms with Crippen LogP contribution in [0.3, 0.4) is 0 Å². The maximum absolute atomic E-state index is 13.0. The smallest absolute Gasteiger partial charge is 0.352 e. The lowest BCUT2D eigenvalue weighted by Crippen LogP contribution is -2.28. The van der Waals surface area contributed by atoms with Crippen LogP contribution in [0.2, 0.25) is 0 Å². The molecule has 0 bridgehead atoms. The number of fused-ring (bicyclic) bond motifs is 1. The zero-order valence-corrected chi connectivity index (χ0v) is 19.0. The Bertz CT molecular complexity index is 1280. The SMILES string of the molecule is CC(Oc1ccc(F)cc1)C(=O)Oc1ccc2c(c1)OC(N)=C(C#N)C2c1ccccc1Br. The van der Waals surface area contributed by atoms with E-state index in [2.05, 4.69) is 22.0 Å². The Morgan fingerprint density at radius 1 is 1.12 bits per heavy atom. The van der Waals surface area contributed by atoms with Crippen LogP contribution >= 0.6 is 15.9 Å². The van der Waals surface area contributed by atoms with Crippen LogP contribution < -0.4 is 19.9 Å². The second-order valence-electron chi connectivity index (χ2n) is 7.28. The summed E-state index contributed by atoms with van der Waals surface area (Å²) in [5.41, 5.74) is 7.90. The number of carbonyl (C=O) groups excluding carboxylic acids is 1. The minimum atomic E-state index is -0.935. The molecule has 3 aromatic carbocycles. The number of hydrogen-bond donors (Lipinski definition) is 1. The Morgan fingerprint density at radius 2 is 1.82 bits per heavy atom. The molecule has 0 aliphatic carbocycles. The van der Waals surface area contributed by atoms with E-state index in [-0.39, 0.29) is 11.6 Å². The molecule has 2 unspecified atom stereocenters. The van der Waals surface area contributed by atoms with E-state index in [4.69, 9.17) is 19.9 Å².